The minimum Gasteiger partial charge on any atom is -0.480 e. The molecule has 0 bridgehead atoms. The van der Waals surface area contributed by atoms with Crippen LogP contribution in [0, 0.1) is 0 Å². The monoisotopic (exact) mass is 298 g/mol. The Balaban J connectivity index is 1.88. The van der Waals surface area contributed by atoms with Crippen LogP contribution in [0.5, 0.6) is 0 Å². The number of aromatic nitrogens is 2. The summed E-state index contributed by atoms with van der Waals surface area (Å²) in [6, 6.07) is -1.08. The standard InChI is InChI=1S/C12H18N4O3S/c1-8-16(9(7-20-8)11(17)18)12(19)14-4-3-10-13-5-6-15(10)2/h5-6,8-9H,3-4,7H2,1-2H3,(H,14,19)(H,17,18). The molecule has 20 heavy (non-hydrogen) atoms. The average molecular weight is 298 g/mol. The summed E-state index contributed by atoms with van der Waals surface area (Å²) in [5.74, 6) is 0.355. The molecule has 1 fully saturated rings. The number of aryl methyl sites for hydroxylation is 1. The van der Waals surface area contributed by atoms with Crippen LogP contribution >= 0.6 is 11.8 Å². The second-order valence-corrected chi connectivity index (χ2v) is 5.98. The lowest BCUT2D eigenvalue weighted by atomic mass is 10.3. The fourth-order valence-electron chi connectivity index (χ4n) is 2.15. The van der Waals surface area contributed by atoms with E-state index >= 15 is 0 Å². The number of carboxylic acids is 1. The second kappa shape index (κ2) is 6.17. The van der Waals surface area contributed by atoms with Gasteiger partial charge in [-0.2, -0.15) is 0 Å². The molecule has 2 atom stereocenters. The zero-order chi connectivity index (χ0) is 14.7. The van der Waals surface area contributed by atoms with E-state index in [4.69, 9.17) is 5.11 Å². The molecular formula is C12H18N4O3S. The first-order valence-corrected chi connectivity index (χ1v) is 7.42. The van der Waals surface area contributed by atoms with Crippen molar-refractivity contribution in [3.05, 3.63) is 18.2 Å². The third-order valence-corrected chi connectivity index (χ3v) is 4.51. The van der Waals surface area contributed by atoms with Crippen molar-refractivity contribution in [1.29, 1.82) is 0 Å². The number of thioether (sulfide) groups is 1. The number of rotatable bonds is 4. The van der Waals surface area contributed by atoms with Crippen molar-refractivity contribution in [3.63, 3.8) is 0 Å². The number of amides is 2. The highest BCUT2D eigenvalue weighted by atomic mass is 32.2. The first-order chi connectivity index (χ1) is 9.50. The Morgan fingerprint density at radius 3 is 2.95 bits per heavy atom. The number of hydrogen-bond donors (Lipinski definition) is 2. The Morgan fingerprint density at radius 1 is 1.60 bits per heavy atom. The van der Waals surface area contributed by atoms with E-state index in [1.165, 1.54) is 16.7 Å². The van der Waals surface area contributed by atoms with Gasteiger partial charge in [0, 0.05) is 38.2 Å². The van der Waals surface area contributed by atoms with Gasteiger partial charge in [-0.3, -0.25) is 4.90 Å². The second-order valence-electron chi connectivity index (χ2n) is 4.63. The average Bonchev–Trinajstić information content (AvgIpc) is 2.96. The SMILES string of the molecule is CC1SCC(C(=O)O)N1C(=O)NCCc1nccn1C. The van der Waals surface area contributed by atoms with Gasteiger partial charge in [-0.1, -0.05) is 0 Å². The molecule has 2 N–H and O–H groups in total. The Kier molecular flexibility index (Phi) is 4.53. The van der Waals surface area contributed by atoms with Gasteiger partial charge in [-0.15, -0.1) is 11.8 Å². The number of imidazole rings is 1. The van der Waals surface area contributed by atoms with Crippen molar-refractivity contribution < 1.29 is 14.7 Å². The highest BCUT2D eigenvalue weighted by molar-refractivity contribution is 8.00. The highest BCUT2D eigenvalue weighted by Crippen LogP contribution is 2.28. The number of aliphatic carboxylic acids is 1. The third-order valence-electron chi connectivity index (χ3n) is 3.29. The van der Waals surface area contributed by atoms with Gasteiger partial charge in [-0.25, -0.2) is 14.6 Å². The summed E-state index contributed by atoms with van der Waals surface area (Å²) in [7, 11) is 1.89. The van der Waals surface area contributed by atoms with Gasteiger partial charge >= 0.3 is 12.0 Å². The van der Waals surface area contributed by atoms with Gasteiger partial charge in [0.1, 0.15) is 11.9 Å². The smallest absolute Gasteiger partial charge is 0.327 e. The normalized spacial score (nSPS) is 22.0. The molecule has 2 heterocycles. The van der Waals surface area contributed by atoms with Gasteiger partial charge in [0.05, 0.1) is 5.37 Å². The number of carbonyl (C=O) groups is 2. The molecule has 2 rings (SSSR count). The quantitative estimate of drug-likeness (QED) is 0.846. The molecule has 2 unspecified atom stereocenters. The Bertz CT molecular complexity index is 505. The zero-order valence-electron chi connectivity index (χ0n) is 11.4. The van der Waals surface area contributed by atoms with Gasteiger partial charge in [0.2, 0.25) is 0 Å². The summed E-state index contributed by atoms with van der Waals surface area (Å²) in [5, 5.41) is 11.8. The molecule has 1 aliphatic heterocycles. The van der Waals surface area contributed by atoms with Crippen LogP contribution in [0.1, 0.15) is 12.7 Å². The number of hydrogen-bond acceptors (Lipinski definition) is 4. The van der Waals surface area contributed by atoms with Crippen LogP contribution in [0.25, 0.3) is 0 Å². The van der Waals surface area contributed by atoms with Crippen LogP contribution in [0.15, 0.2) is 12.4 Å². The molecule has 0 spiro atoms. The van der Waals surface area contributed by atoms with E-state index < -0.39 is 12.0 Å². The molecule has 2 amide bonds. The van der Waals surface area contributed by atoms with E-state index in [1.807, 2.05) is 24.7 Å². The largest absolute Gasteiger partial charge is 0.480 e. The van der Waals surface area contributed by atoms with Crippen LogP contribution in [-0.4, -0.2) is 55.3 Å². The lowest BCUT2D eigenvalue weighted by Gasteiger charge is -2.25. The topological polar surface area (TPSA) is 87.5 Å². The summed E-state index contributed by atoms with van der Waals surface area (Å²) < 4.78 is 1.89. The van der Waals surface area contributed by atoms with Gasteiger partial charge in [0.15, 0.2) is 0 Å². The van der Waals surface area contributed by atoms with Crippen LogP contribution in [0.4, 0.5) is 4.79 Å². The summed E-state index contributed by atoms with van der Waals surface area (Å²) >= 11 is 1.47. The van der Waals surface area contributed by atoms with E-state index in [2.05, 4.69) is 10.3 Å². The van der Waals surface area contributed by atoms with Crippen molar-refractivity contribution in [3.8, 4) is 0 Å². The minimum atomic E-state index is -0.957. The van der Waals surface area contributed by atoms with Crippen molar-refractivity contribution in [1.82, 2.24) is 19.8 Å². The first-order valence-electron chi connectivity index (χ1n) is 6.37. The molecule has 0 radical (unpaired) electrons. The Morgan fingerprint density at radius 2 is 2.35 bits per heavy atom. The molecule has 1 aliphatic rings. The molecule has 1 aromatic rings. The zero-order valence-corrected chi connectivity index (χ0v) is 12.3. The van der Waals surface area contributed by atoms with Crippen LogP contribution < -0.4 is 5.32 Å². The molecule has 0 aliphatic carbocycles. The van der Waals surface area contributed by atoms with Crippen LogP contribution in [-0.2, 0) is 18.3 Å². The third kappa shape index (κ3) is 3.06. The molecule has 8 heteroatoms. The summed E-state index contributed by atoms with van der Waals surface area (Å²) in [6.45, 7) is 2.27. The fourth-order valence-corrected chi connectivity index (χ4v) is 3.32. The lowest BCUT2D eigenvalue weighted by molar-refractivity contribution is -0.141. The molecule has 0 saturated carbocycles. The number of carbonyl (C=O) groups excluding carboxylic acids is 1. The highest BCUT2D eigenvalue weighted by Gasteiger charge is 2.39. The van der Waals surface area contributed by atoms with Crippen molar-refractivity contribution in [2.75, 3.05) is 12.3 Å². The Labute approximate surface area is 121 Å². The van der Waals surface area contributed by atoms with Gasteiger partial charge < -0.3 is 15.0 Å². The summed E-state index contributed by atoms with van der Waals surface area (Å²) in [5.41, 5.74) is 0. The first kappa shape index (κ1) is 14.7. The maximum atomic E-state index is 12.1. The number of carboxylic acid groups (broad SMARTS) is 1. The predicted molar refractivity (Wildman–Crippen MR) is 75.5 cm³/mol. The number of nitrogens with zero attached hydrogens (tertiary/aromatic N) is 3. The number of urea groups is 1. The minimum absolute atomic E-state index is 0.121. The predicted octanol–water partition coefficient (Wildman–Crippen LogP) is 0.520. The number of nitrogens with one attached hydrogen (secondary N) is 1. The maximum Gasteiger partial charge on any atom is 0.327 e. The van der Waals surface area contributed by atoms with Crippen LogP contribution in [0.3, 0.4) is 0 Å². The van der Waals surface area contributed by atoms with Crippen molar-refractivity contribution >= 4 is 23.8 Å². The summed E-state index contributed by atoms with van der Waals surface area (Å²) in [6.07, 6.45) is 4.16. The van der Waals surface area contributed by atoms with Crippen molar-refractivity contribution in [2.24, 2.45) is 7.05 Å². The molecule has 7 nitrogen and oxygen atoms in total. The van der Waals surface area contributed by atoms with Crippen LogP contribution in [0.2, 0.25) is 0 Å². The van der Waals surface area contributed by atoms with Crippen molar-refractivity contribution in [2.45, 2.75) is 24.8 Å². The van der Waals surface area contributed by atoms with E-state index in [0.717, 1.165) is 5.82 Å². The van der Waals surface area contributed by atoms with E-state index in [9.17, 15) is 9.59 Å². The molecule has 110 valence electrons. The lowest BCUT2D eigenvalue weighted by Crippen LogP contribution is -2.49. The van der Waals surface area contributed by atoms with E-state index in [1.54, 1.807) is 6.20 Å². The van der Waals surface area contributed by atoms with Gasteiger partial charge in [-0.05, 0) is 6.92 Å². The molecule has 0 aromatic carbocycles. The molecule has 1 saturated heterocycles. The Hall–Kier alpha value is -1.70. The van der Waals surface area contributed by atoms with E-state index in [0.29, 0.717) is 18.7 Å². The maximum absolute atomic E-state index is 12.1. The van der Waals surface area contributed by atoms with E-state index in [-0.39, 0.29) is 11.4 Å². The fraction of sp³-hybridized carbons (Fsp3) is 0.583. The molecule has 1 aromatic heterocycles. The molecular weight excluding hydrogens is 280 g/mol. The van der Waals surface area contributed by atoms with Gasteiger partial charge in [0.25, 0.3) is 0 Å². The summed E-state index contributed by atoms with van der Waals surface area (Å²) in [4.78, 5) is 28.8.